The van der Waals surface area contributed by atoms with Gasteiger partial charge in [0.1, 0.15) is 0 Å². The summed E-state index contributed by atoms with van der Waals surface area (Å²) in [5.74, 6) is 0. The molecule has 39 heavy (non-hydrogen) atoms. The molecule has 0 N–H and O–H groups in total. The molecule has 220 valence electrons. The van der Waals surface area contributed by atoms with Gasteiger partial charge in [0.15, 0.2) is 0 Å². The lowest BCUT2D eigenvalue weighted by Gasteiger charge is -2.35. The maximum atomic E-state index is 7.13. The molecular weight excluding hydrogens is 492 g/mol. The molecule has 0 heterocycles. The summed E-state index contributed by atoms with van der Waals surface area (Å²) in [5.41, 5.74) is 0. The van der Waals surface area contributed by atoms with Crippen LogP contribution in [0.2, 0.25) is 0 Å². The first kappa shape index (κ1) is 33.8. The van der Waals surface area contributed by atoms with Crippen molar-refractivity contribution in [1.29, 1.82) is 0 Å². The van der Waals surface area contributed by atoms with E-state index in [1.807, 2.05) is 0 Å². The second kappa shape index (κ2) is 22.3. The second-order valence-electron chi connectivity index (χ2n) is 11.5. The van der Waals surface area contributed by atoms with E-state index in [-0.39, 0.29) is 6.10 Å². The van der Waals surface area contributed by atoms with E-state index in [4.69, 9.17) is 8.85 Å². The van der Waals surface area contributed by atoms with Gasteiger partial charge in [-0.2, -0.15) is 0 Å². The number of rotatable bonds is 25. The van der Waals surface area contributed by atoms with Gasteiger partial charge in [-0.1, -0.05) is 184 Å². The topological polar surface area (TPSA) is 18.5 Å². The fourth-order valence-corrected chi connectivity index (χ4v) is 9.06. The third-order valence-corrected chi connectivity index (χ3v) is 11.4. The molecule has 0 atom stereocenters. The first-order chi connectivity index (χ1) is 19.3. The summed E-state index contributed by atoms with van der Waals surface area (Å²) >= 11 is 0. The van der Waals surface area contributed by atoms with Crippen LogP contribution in [-0.2, 0) is 8.85 Å². The Morgan fingerprint density at radius 2 is 0.872 bits per heavy atom. The number of hydrogen-bond donors (Lipinski definition) is 0. The highest BCUT2D eigenvalue weighted by atomic mass is 28.4. The Bertz CT molecular complexity index is 749. The summed E-state index contributed by atoms with van der Waals surface area (Å²) in [6.45, 7) is 7.59. The third-order valence-electron chi connectivity index (χ3n) is 7.91. The molecule has 0 saturated carbocycles. The predicted octanol–water partition coefficient (Wildman–Crippen LogP) is 10.1. The maximum absolute atomic E-state index is 7.13. The summed E-state index contributed by atoms with van der Waals surface area (Å²) in [4.78, 5) is 0. The Labute approximate surface area is 243 Å². The summed E-state index contributed by atoms with van der Waals surface area (Å²) in [7, 11) is -2.79. The molecule has 0 aromatic heterocycles. The lowest BCUT2D eigenvalue weighted by molar-refractivity contribution is 0.115. The van der Waals surface area contributed by atoms with Gasteiger partial charge in [0.05, 0.1) is 0 Å². The van der Waals surface area contributed by atoms with E-state index in [9.17, 15) is 0 Å². The van der Waals surface area contributed by atoms with E-state index in [1.165, 1.54) is 100 Å². The van der Waals surface area contributed by atoms with Gasteiger partial charge in [-0.15, -0.1) is 0 Å². The van der Waals surface area contributed by atoms with E-state index in [0.717, 1.165) is 38.7 Å². The quantitative estimate of drug-likeness (QED) is 0.0901. The largest absolute Gasteiger partial charge is 0.407 e. The lowest BCUT2D eigenvalue weighted by Crippen LogP contribution is -2.64. The SMILES string of the molecule is CCCCCCCCCCCCCCCCCO[Si](OC(CCC)CCC)(c1ccccc1)c1ccccc1. The normalized spacial score (nSPS) is 11.9. The first-order valence-electron chi connectivity index (χ1n) is 16.7. The molecule has 0 aliphatic rings. The van der Waals surface area contributed by atoms with Crippen LogP contribution in [0.25, 0.3) is 0 Å². The van der Waals surface area contributed by atoms with Gasteiger partial charge in [-0.25, -0.2) is 0 Å². The molecule has 0 radical (unpaired) electrons. The summed E-state index contributed by atoms with van der Waals surface area (Å²) in [6.07, 6.45) is 25.4. The van der Waals surface area contributed by atoms with Gasteiger partial charge >= 0.3 is 8.56 Å². The minimum atomic E-state index is -2.79. The molecular formula is C36H60O2Si. The van der Waals surface area contributed by atoms with Crippen molar-refractivity contribution < 1.29 is 8.85 Å². The zero-order chi connectivity index (χ0) is 27.9. The van der Waals surface area contributed by atoms with Crippen LogP contribution in [0.15, 0.2) is 60.7 Å². The minimum absolute atomic E-state index is 0.244. The van der Waals surface area contributed by atoms with Crippen LogP contribution < -0.4 is 10.4 Å². The Balaban J connectivity index is 1.80. The van der Waals surface area contributed by atoms with Gasteiger partial charge in [0.25, 0.3) is 0 Å². The van der Waals surface area contributed by atoms with E-state index in [1.54, 1.807) is 0 Å². The van der Waals surface area contributed by atoms with Crippen molar-refractivity contribution in [2.45, 2.75) is 149 Å². The number of unbranched alkanes of at least 4 members (excludes halogenated alkanes) is 14. The van der Waals surface area contributed by atoms with Gasteiger partial charge < -0.3 is 8.85 Å². The molecule has 0 fully saturated rings. The van der Waals surface area contributed by atoms with Crippen molar-refractivity contribution in [3.05, 3.63) is 60.7 Å². The lowest BCUT2D eigenvalue weighted by atomic mass is 10.0. The average Bonchev–Trinajstić information content (AvgIpc) is 2.97. The molecule has 0 spiro atoms. The maximum Gasteiger partial charge on any atom is 0.407 e. The number of hydrogen-bond acceptors (Lipinski definition) is 2. The predicted molar refractivity (Wildman–Crippen MR) is 173 cm³/mol. The Morgan fingerprint density at radius 3 is 1.26 bits per heavy atom. The van der Waals surface area contributed by atoms with Crippen LogP contribution >= 0.6 is 0 Å². The fraction of sp³-hybridized carbons (Fsp3) is 0.667. The summed E-state index contributed by atoms with van der Waals surface area (Å²) in [5, 5.41) is 2.46. The van der Waals surface area contributed by atoms with Gasteiger partial charge in [0, 0.05) is 12.7 Å². The van der Waals surface area contributed by atoms with Crippen molar-refractivity contribution in [1.82, 2.24) is 0 Å². The molecule has 2 aromatic carbocycles. The molecule has 0 aliphatic heterocycles. The zero-order valence-electron chi connectivity index (χ0n) is 25.8. The molecule has 2 nitrogen and oxygen atoms in total. The molecule has 0 bridgehead atoms. The second-order valence-corrected chi connectivity index (χ2v) is 14.4. The van der Waals surface area contributed by atoms with Crippen molar-refractivity contribution >= 4 is 18.9 Å². The smallest absolute Gasteiger partial charge is 0.388 e. The van der Waals surface area contributed by atoms with E-state index in [0.29, 0.717) is 0 Å². The van der Waals surface area contributed by atoms with Crippen LogP contribution in [0.3, 0.4) is 0 Å². The zero-order valence-corrected chi connectivity index (χ0v) is 26.8. The van der Waals surface area contributed by atoms with E-state index in [2.05, 4.69) is 81.4 Å². The molecule has 3 heteroatoms. The van der Waals surface area contributed by atoms with Gasteiger partial charge in [0.2, 0.25) is 0 Å². The molecule has 0 saturated heterocycles. The van der Waals surface area contributed by atoms with E-state index < -0.39 is 8.56 Å². The van der Waals surface area contributed by atoms with Crippen LogP contribution in [0.1, 0.15) is 143 Å². The van der Waals surface area contributed by atoms with Crippen LogP contribution in [0.4, 0.5) is 0 Å². The Hall–Kier alpha value is -1.42. The minimum Gasteiger partial charge on any atom is -0.388 e. The van der Waals surface area contributed by atoms with Crippen LogP contribution in [-0.4, -0.2) is 21.3 Å². The van der Waals surface area contributed by atoms with Crippen molar-refractivity contribution in [2.75, 3.05) is 6.61 Å². The molecule has 0 unspecified atom stereocenters. The van der Waals surface area contributed by atoms with Crippen LogP contribution in [0.5, 0.6) is 0 Å². The van der Waals surface area contributed by atoms with Gasteiger partial charge in [-0.3, -0.25) is 0 Å². The third kappa shape index (κ3) is 13.7. The standard InChI is InChI=1S/C36H60O2Si/c1-4-7-8-9-10-11-12-13-14-15-16-17-18-19-26-33-37-39(35-29-22-20-23-30-35,36-31-24-21-25-32-36)38-34(27-5-2)28-6-3/h20-25,29-32,34H,4-19,26-28,33H2,1-3H3. The average molecular weight is 553 g/mol. The molecule has 2 aromatic rings. The van der Waals surface area contributed by atoms with Crippen molar-refractivity contribution in [3.63, 3.8) is 0 Å². The fourth-order valence-electron chi connectivity index (χ4n) is 5.65. The van der Waals surface area contributed by atoms with Crippen molar-refractivity contribution in [3.8, 4) is 0 Å². The monoisotopic (exact) mass is 552 g/mol. The van der Waals surface area contributed by atoms with Crippen LogP contribution in [0, 0.1) is 0 Å². The highest BCUT2D eigenvalue weighted by Gasteiger charge is 2.44. The molecule has 0 amide bonds. The highest BCUT2D eigenvalue weighted by molar-refractivity contribution is 6.92. The van der Waals surface area contributed by atoms with E-state index >= 15 is 0 Å². The van der Waals surface area contributed by atoms with Crippen molar-refractivity contribution in [2.24, 2.45) is 0 Å². The van der Waals surface area contributed by atoms with Gasteiger partial charge in [-0.05, 0) is 29.6 Å². The summed E-state index contributed by atoms with van der Waals surface area (Å²) in [6, 6.07) is 21.6. The Kier molecular flexibility index (Phi) is 19.3. The first-order valence-corrected chi connectivity index (χ1v) is 18.5. The molecule has 2 rings (SSSR count). The number of benzene rings is 2. The highest BCUT2D eigenvalue weighted by Crippen LogP contribution is 2.20. The summed E-state index contributed by atoms with van der Waals surface area (Å²) < 4.78 is 14.1. The Morgan fingerprint density at radius 1 is 0.487 bits per heavy atom. The molecule has 0 aliphatic carbocycles.